The van der Waals surface area contributed by atoms with Gasteiger partial charge in [0.25, 0.3) is 5.69 Å². The minimum absolute atomic E-state index is 0.0552. The molecular weight excluding hydrogens is 446 g/mol. The summed E-state index contributed by atoms with van der Waals surface area (Å²) in [5, 5.41) is 28.3. The van der Waals surface area contributed by atoms with Crippen molar-refractivity contribution in [2.24, 2.45) is 0 Å². The van der Waals surface area contributed by atoms with Gasteiger partial charge in [-0.05, 0) is 40.6 Å². The number of rotatable bonds is 5. The van der Waals surface area contributed by atoms with Crippen LogP contribution < -0.4 is 5.32 Å². The number of fused-ring (bicyclic) bond motifs is 2. The van der Waals surface area contributed by atoms with Crippen LogP contribution in [0.4, 0.5) is 10.8 Å². The highest BCUT2D eigenvalue weighted by atomic mass is 35.5. The molecule has 1 atom stereocenters. The minimum Gasteiger partial charge on any atom is -0.508 e. The van der Waals surface area contributed by atoms with E-state index in [2.05, 4.69) is 10.3 Å². The SMILES string of the molecule is O=[N+]([O-])c1cc(C(Nc2nc3ccccc3s2)c2c(O)ccc3ccccc23)ccc1Cl. The predicted octanol–water partition coefficient (Wildman–Crippen LogP) is 6.92. The molecule has 4 aromatic carbocycles. The Morgan fingerprint density at radius 2 is 1.81 bits per heavy atom. The number of hydrogen-bond donors (Lipinski definition) is 2. The van der Waals surface area contributed by atoms with E-state index in [0.717, 1.165) is 21.0 Å². The Balaban J connectivity index is 1.72. The summed E-state index contributed by atoms with van der Waals surface area (Å²) in [5.41, 5.74) is 1.86. The van der Waals surface area contributed by atoms with E-state index in [1.807, 2.05) is 54.6 Å². The lowest BCUT2D eigenvalue weighted by molar-refractivity contribution is -0.384. The normalized spacial score (nSPS) is 12.2. The second-order valence-electron chi connectivity index (χ2n) is 7.25. The van der Waals surface area contributed by atoms with Crippen LogP contribution in [-0.2, 0) is 0 Å². The maximum atomic E-state index is 11.5. The third-order valence-electron chi connectivity index (χ3n) is 5.30. The molecule has 32 heavy (non-hydrogen) atoms. The Labute approximate surface area is 191 Å². The van der Waals surface area contributed by atoms with E-state index in [-0.39, 0.29) is 16.5 Å². The molecule has 1 heterocycles. The Morgan fingerprint density at radius 1 is 1.03 bits per heavy atom. The maximum Gasteiger partial charge on any atom is 0.288 e. The smallest absolute Gasteiger partial charge is 0.288 e. The van der Waals surface area contributed by atoms with Gasteiger partial charge >= 0.3 is 0 Å². The number of halogens is 1. The number of thiazole rings is 1. The second kappa shape index (κ2) is 8.11. The fourth-order valence-electron chi connectivity index (χ4n) is 3.82. The summed E-state index contributed by atoms with van der Waals surface area (Å²) in [6, 6.07) is 23.0. The van der Waals surface area contributed by atoms with Crippen LogP contribution in [0, 0.1) is 10.1 Å². The van der Waals surface area contributed by atoms with Crippen molar-refractivity contribution >= 4 is 54.7 Å². The van der Waals surface area contributed by atoms with Crippen molar-refractivity contribution in [1.82, 2.24) is 4.98 Å². The first-order chi connectivity index (χ1) is 15.5. The molecule has 0 bridgehead atoms. The Bertz CT molecular complexity index is 1450. The molecule has 1 aromatic heterocycles. The topological polar surface area (TPSA) is 88.3 Å². The number of hydrogen-bond acceptors (Lipinski definition) is 6. The quantitative estimate of drug-likeness (QED) is 0.219. The fourth-order valence-corrected chi connectivity index (χ4v) is 4.90. The third-order valence-corrected chi connectivity index (χ3v) is 6.59. The molecule has 158 valence electrons. The van der Waals surface area contributed by atoms with Crippen LogP contribution >= 0.6 is 22.9 Å². The predicted molar refractivity (Wildman–Crippen MR) is 129 cm³/mol. The summed E-state index contributed by atoms with van der Waals surface area (Å²) in [7, 11) is 0. The lowest BCUT2D eigenvalue weighted by atomic mass is 9.92. The van der Waals surface area contributed by atoms with E-state index in [4.69, 9.17) is 11.6 Å². The number of phenols is 1. The number of nitro groups is 1. The number of benzene rings is 4. The monoisotopic (exact) mass is 461 g/mol. The van der Waals surface area contributed by atoms with Gasteiger partial charge in [0, 0.05) is 11.6 Å². The minimum atomic E-state index is -0.599. The van der Waals surface area contributed by atoms with Gasteiger partial charge in [0.15, 0.2) is 5.13 Å². The molecule has 0 radical (unpaired) electrons. The second-order valence-corrected chi connectivity index (χ2v) is 8.69. The molecule has 0 fully saturated rings. The van der Waals surface area contributed by atoms with Crippen LogP contribution in [0.3, 0.4) is 0 Å². The first-order valence-electron chi connectivity index (χ1n) is 9.78. The van der Waals surface area contributed by atoms with Gasteiger partial charge in [0.2, 0.25) is 0 Å². The first kappa shape index (κ1) is 20.2. The van der Waals surface area contributed by atoms with E-state index in [1.54, 1.807) is 12.1 Å². The highest BCUT2D eigenvalue weighted by Gasteiger charge is 2.25. The zero-order chi connectivity index (χ0) is 22.2. The Kier molecular flexibility index (Phi) is 5.13. The average molecular weight is 462 g/mol. The third kappa shape index (κ3) is 3.62. The lowest BCUT2D eigenvalue weighted by Gasteiger charge is -2.22. The van der Waals surface area contributed by atoms with Gasteiger partial charge in [0.05, 0.1) is 21.2 Å². The van der Waals surface area contributed by atoms with E-state index < -0.39 is 11.0 Å². The molecule has 0 amide bonds. The highest BCUT2D eigenvalue weighted by Crippen LogP contribution is 2.40. The molecular formula is C24H16ClN3O3S. The molecule has 2 N–H and O–H groups in total. The molecule has 0 spiro atoms. The van der Waals surface area contributed by atoms with Crippen molar-refractivity contribution in [2.75, 3.05) is 5.32 Å². The van der Waals surface area contributed by atoms with Gasteiger partial charge in [-0.1, -0.05) is 71.5 Å². The van der Waals surface area contributed by atoms with Crippen molar-refractivity contribution in [3.63, 3.8) is 0 Å². The van der Waals surface area contributed by atoms with Crippen molar-refractivity contribution in [1.29, 1.82) is 0 Å². The van der Waals surface area contributed by atoms with Crippen LogP contribution in [0.25, 0.3) is 21.0 Å². The molecule has 0 saturated heterocycles. The summed E-state index contributed by atoms with van der Waals surface area (Å²) < 4.78 is 1.01. The largest absolute Gasteiger partial charge is 0.508 e. The van der Waals surface area contributed by atoms with Gasteiger partial charge in [-0.2, -0.15) is 0 Å². The molecule has 0 saturated carbocycles. The Hall–Kier alpha value is -3.68. The Morgan fingerprint density at radius 3 is 2.62 bits per heavy atom. The molecule has 0 aliphatic rings. The lowest BCUT2D eigenvalue weighted by Crippen LogP contribution is -2.13. The van der Waals surface area contributed by atoms with Gasteiger partial charge in [-0.25, -0.2) is 4.98 Å². The average Bonchev–Trinajstić information content (AvgIpc) is 3.21. The molecule has 5 rings (SSSR count). The van der Waals surface area contributed by atoms with Crippen molar-refractivity contribution in [3.8, 4) is 5.75 Å². The van der Waals surface area contributed by atoms with Gasteiger partial charge in [-0.3, -0.25) is 10.1 Å². The van der Waals surface area contributed by atoms with E-state index in [0.29, 0.717) is 16.3 Å². The summed E-state index contributed by atoms with van der Waals surface area (Å²) in [6.07, 6.45) is 0. The van der Waals surface area contributed by atoms with Gasteiger partial charge in [-0.15, -0.1) is 0 Å². The van der Waals surface area contributed by atoms with Crippen LogP contribution in [0.2, 0.25) is 5.02 Å². The zero-order valence-corrected chi connectivity index (χ0v) is 18.1. The fraction of sp³-hybridized carbons (Fsp3) is 0.0417. The first-order valence-corrected chi connectivity index (χ1v) is 11.0. The number of anilines is 1. The van der Waals surface area contributed by atoms with Crippen LogP contribution in [0.15, 0.2) is 78.9 Å². The van der Waals surface area contributed by atoms with E-state index in [9.17, 15) is 15.2 Å². The number of nitrogens with zero attached hydrogens (tertiary/aromatic N) is 2. The van der Waals surface area contributed by atoms with Crippen molar-refractivity contribution in [3.05, 3.63) is 105 Å². The highest BCUT2D eigenvalue weighted by molar-refractivity contribution is 7.22. The van der Waals surface area contributed by atoms with Crippen LogP contribution in [-0.4, -0.2) is 15.0 Å². The zero-order valence-electron chi connectivity index (χ0n) is 16.5. The molecule has 0 aliphatic carbocycles. The standard InChI is InChI=1S/C24H16ClN3O3S/c25-17-11-9-15(13-19(17)28(30)31)23(27-24-26-18-7-3-4-8-21(18)32-24)22-16-6-2-1-5-14(16)10-12-20(22)29/h1-13,23,29H,(H,26,27). The van der Waals surface area contributed by atoms with Gasteiger partial charge < -0.3 is 10.4 Å². The molecule has 5 aromatic rings. The van der Waals surface area contributed by atoms with Crippen molar-refractivity contribution in [2.45, 2.75) is 6.04 Å². The number of nitro benzene ring substituents is 1. The number of nitrogens with one attached hydrogen (secondary N) is 1. The van der Waals surface area contributed by atoms with E-state index in [1.165, 1.54) is 23.5 Å². The molecule has 8 heteroatoms. The van der Waals surface area contributed by atoms with Crippen LogP contribution in [0.5, 0.6) is 5.75 Å². The summed E-state index contributed by atoms with van der Waals surface area (Å²) in [4.78, 5) is 15.7. The van der Waals surface area contributed by atoms with Crippen molar-refractivity contribution < 1.29 is 10.0 Å². The number of phenolic OH excluding ortho intramolecular Hbond substituents is 1. The van der Waals surface area contributed by atoms with Crippen LogP contribution in [0.1, 0.15) is 17.2 Å². The summed E-state index contributed by atoms with van der Waals surface area (Å²) in [5.74, 6) is 0.0833. The number of aromatic hydroxyl groups is 1. The molecule has 0 aliphatic heterocycles. The molecule has 6 nitrogen and oxygen atoms in total. The number of para-hydroxylation sites is 1. The summed E-state index contributed by atoms with van der Waals surface area (Å²) in [6.45, 7) is 0. The van der Waals surface area contributed by atoms with E-state index >= 15 is 0 Å². The number of aromatic nitrogens is 1. The summed E-state index contributed by atoms with van der Waals surface area (Å²) >= 11 is 7.54. The molecule has 1 unspecified atom stereocenters. The van der Waals surface area contributed by atoms with Gasteiger partial charge in [0.1, 0.15) is 10.8 Å². The maximum absolute atomic E-state index is 11.5.